The summed E-state index contributed by atoms with van der Waals surface area (Å²) in [6.45, 7) is 3.19. The van der Waals surface area contributed by atoms with Gasteiger partial charge in [0, 0.05) is 5.69 Å². The maximum atomic E-state index is 12.0. The molecule has 21 heavy (non-hydrogen) atoms. The van der Waals surface area contributed by atoms with Crippen LogP contribution in [0.4, 0.5) is 5.69 Å². The molecule has 1 aromatic carbocycles. The first-order valence-corrected chi connectivity index (χ1v) is 8.11. The Bertz CT molecular complexity index is 624. The number of sulfone groups is 1. The van der Waals surface area contributed by atoms with E-state index < -0.39 is 32.7 Å². The molecule has 0 saturated heterocycles. The van der Waals surface area contributed by atoms with E-state index >= 15 is 0 Å². The molecule has 0 aliphatic heterocycles. The quantitative estimate of drug-likeness (QED) is 0.800. The summed E-state index contributed by atoms with van der Waals surface area (Å²) in [5, 5.41) is 1.59. The Labute approximate surface area is 124 Å². The molecule has 0 aromatic heterocycles. The second-order valence-corrected chi connectivity index (χ2v) is 7.18. The number of esters is 1. The largest absolute Gasteiger partial charge is 0.469 e. The van der Waals surface area contributed by atoms with Crippen molar-refractivity contribution in [1.82, 2.24) is 0 Å². The monoisotopic (exact) mass is 313 g/mol. The fourth-order valence-corrected chi connectivity index (χ4v) is 2.78. The maximum Gasteiger partial charge on any atom is 0.306 e. The molecule has 1 atom stereocenters. The Balaban J connectivity index is 2.69. The Morgan fingerprint density at radius 2 is 1.90 bits per heavy atom. The molecule has 0 aliphatic carbocycles. The number of carbonyl (C=O) groups excluding carboxylic acids is 2. The topological polar surface area (TPSA) is 89.5 Å². The van der Waals surface area contributed by atoms with Gasteiger partial charge in [0.2, 0.25) is 5.91 Å². The van der Waals surface area contributed by atoms with Crippen LogP contribution in [0.25, 0.3) is 0 Å². The van der Waals surface area contributed by atoms with Gasteiger partial charge in [-0.1, -0.05) is 18.2 Å². The van der Waals surface area contributed by atoms with Crippen LogP contribution in [0.1, 0.15) is 18.9 Å². The predicted molar refractivity (Wildman–Crippen MR) is 79.7 cm³/mol. The van der Waals surface area contributed by atoms with Crippen LogP contribution in [0, 0.1) is 6.92 Å². The lowest BCUT2D eigenvalue weighted by atomic mass is 10.2. The molecule has 0 radical (unpaired) electrons. The van der Waals surface area contributed by atoms with Crippen molar-refractivity contribution in [2.45, 2.75) is 25.5 Å². The van der Waals surface area contributed by atoms with Gasteiger partial charge in [0.05, 0.1) is 18.8 Å². The molecule has 7 heteroatoms. The zero-order chi connectivity index (χ0) is 16.0. The summed E-state index contributed by atoms with van der Waals surface area (Å²) < 4.78 is 28.4. The van der Waals surface area contributed by atoms with Gasteiger partial charge in [0.15, 0.2) is 9.84 Å². The first-order valence-electron chi connectivity index (χ1n) is 6.40. The van der Waals surface area contributed by atoms with E-state index in [1.807, 2.05) is 19.1 Å². The van der Waals surface area contributed by atoms with E-state index in [0.717, 1.165) is 5.56 Å². The lowest BCUT2D eigenvalue weighted by molar-refractivity contribution is -0.140. The predicted octanol–water partition coefficient (Wildman–Crippen LogP) is 1.30. The smallest absolute Gasteiger partial charge is 0.306 e. The van der Waals surface area contributed by atoms with Crippen LogP contribution in [-0.2, 0) is 24.2 Å². The molecule has 0 heterocycles. The van der Waals surface area contributed by atoms with Crippen molar-refractivity contribution in [2.24, 2.45) is 0 Å². The molecular weight excluding hydrogens is 294 g/mol. The summed E-state index contributed by atoms with van der Waals surface area (Å²) in [5.41, 5.74) is 1.41. The molecule has 0 fully saturated rings. The number of nitrogens with one attached hydrogen (secondary N) is 1. The molecule has 1 aromatic rings. The Kier molecular flexibility index (Phi) is 5.90. The maximum absolute atomic E-state index is 12.0. The lowest BCUT2D eigenvalue weighted by Crippen LogP contribution is -2.31. The zero-order valence-electron chi connectivity index (χ0n) is 12.3. The van der Waals surface area contributed by atoms with Gasteiger partial charge in [-0.05, 0) is 25.5 Å². The third-order valence-corrected chi connectivity index (χ3v) is 5.10. The summed E-state index contributed by atoms with van der Waals surface area (Å²) in [6, 6.07) is 7.07. The van der Waals surface area contributed by atoms with E-state index in [2.05, 4.69) is 10.1 Å². The fraction of sp³-hybridized carbons (Fsp3) is 0.429. The number of methoxy groups -OCH3 is 1. The van der Waals surface area contributed by atoms with Gasteiger partial charge >= 0.3 is 5.97 Å². The van der Waals surface area contributed by atoms with E-state index in [1.165, 1.54) is 14.0 Å². The standard InChI is InChI=1S/C14H19NO5S/c1-10-6-4-5-7-12(10)15-13(16)9-21(18,19)11(2)8-14(17)20-3/h4-7,11H,8-9H2,1-3H3,(H,15,16). The molecule has 1 amide bonds. The van der Waals surface area contributed by atoms with E-state index in [1.54, 1.807) is 12.1 Å². The van der Waals surface area contributed by atoms with Crippen LogP contribution in [-0.4, -0.2) is 38.4 Å². The molecular formula is C14H19NO5S. The van der Waals surface area contributed by atoms with E-state index in [0.29, 0.717) is 5.69 Å². The van der Waals surface area contributed by atoms with Crippen LogP contribution in [0.5, 0.6) is 0 Å². The second-order valence-electron chi connectivity index (χ2n) is 4.76. The van der Waals surface area contributed by atoms with Crippen molar-refractivity contribution in [2.75, 3.05) is 18.2 Å². The normalized spacial score (nSPS) is 12.5. The van der Waals surface area contributed by atoms with Gasteiger partial charge in [-0.15, -0.1) is 0 Å². The number of aryl methyl sites for hydroxylation is 1. The molecule has 0 saturated carbocycles. The first kappa shape index (κ1) is 17.2. The van der Waals surface area contributed by atoms with Crippen LogP contribution < -0.4 is 5.32 Å². The average Bonchev–Trinajstić information content (AvgIpc) is 2.40. The summed E-state index contributed by atoms with van der Waals surface area (Å²) in [6.07, 6.45) is -0.267. The number of rotatable bonds is 6. The van der Waals surface area contributed by atoms with Crippen LogP contribution in [0.15, 0.2) is 24.3 Å². The second kappa shape index (κ2) is 7.21. The third-order valence-electron chi connectivity index (χ3n) is 3.05. The number of anilines is 1. The van der Waals surface area contributed by atoms with Crippen LogP contribution in [0.3, 0.4) is 0 Å². The molecule has 0 aliphatic rings. The zero-order valence-corrected chi connectivity index (χ0v) is 13.1. The van der Waals surface area contributed by atoms with Gasteiger partial charge in [-0.25, -0.2) is 8.42 Å². The minimum atomic E-state index is -3.71. The first-order chi connectivity index (χ1) is 9.76. The van der Waals surface area contributed by atoms with Gasteiger partial charge in [-0.2, -0.15) is 0 Å². The lowest BCUT2D eigenvalue weighted by Gasteiger charge is -2.12. The molecule has 0 spiro atoms. The number of benzene rings is 1. The highest BCUT2D eigenvalue weighted by Crippen LogP contribution is 2.14. The van der Waals surface area contributed by atoms with Crippen molar-refractivity contribution >= 4 is 27.4 Å². The average molecular weight is 313 g/mol. The number of amides is 1. The summed E-state index contributed by atoms with van der Waals surface area (Å²) in [7, 11) is -2.52. The van der Waals surface area contributed by atoms with Gasteiger partial charge in [0.25, 0.3) is 0 Å². The van der Waals surface area contributed by atoms with E-state index in [9.17, 15) is 18.0 Å². The minimum absolute atomic E-state index is 0.267. The van der Waals surface area contributed by atoms with Gasteiger partial charge in [-0.3, -0.25) is 9.59 Å². The SMILES string of the molecule is COC(=O)CC(C)S(=O)(=O)CC(=O)Nc1ccccc1C. The summed E-state index contributed by atoms with van der Waals surface area (Å²) >= 11 is 0. The molecule has 6 nitrogen and oxygen atoms in total. The molecule has 1 rings (SSSR count). The highest BCUT2D eigenvalue weighted by Gasteiger charge is 2.26. The van der Waals surface area contributed by atoms with Crippen molar-refractivity contribution in [3.63, 3.8) is 0 Å². The van der Waals surface area contributed by atoms with Crippen molar-refractivity contribution in [1.29, 1.82) is 0 Å². The third kappa shape index (κ3) is 5.18. The summed E-state index contributed by atoms with van der Waals surface area (Å²) in [5.74, 6) is -1.91. The fourth-order valence-electron chi connectivity index (χ4n) is 1.67. The van der Waals surface area contributed by atoms with Crippen LogP contribution >= 0.6 is 0 Å². The van der Waals surface area contributed by atoms with E-state index in [-0.39, 0.29) is 6.42 Å². The van der Waals surface area contributed by atoms with Crippen molar-refractivity contribution in [3.05, 3.63) is 29.8 Å². The molecule has 116 valence electrons. The minimum Gasteiger partial charge on any atom is -0.469 e. The van der Waals surface area contributed by atoms with Crippen molar-refractivity contribution in [3.8, 4) is 0 Å². The van der Waals surface area contributed by atoms with Crippen molar-refractivity contribution < 1.29 is 22.7 Å². The molecule has 1 unspecified atom stereocenters. The van der Waals surface area contributed by atoms with Crippen LogP contribution in [0.2, 0.25) is 0 Å². The highest BCUT2D eigenvalue weighted by molar-refractivity contribution is 7.92. The summed E-state index contributed by atoms with van der Waals surface area (Å²) in [4.78, 5) is 22.9. The Morgan fingerprint density at radius 1 is 1.29 bits per heavy atom. The highest BCUT2D eigenvalue weighted by atomic mass is 32.2. The Morgan fingerprint density at radius 3 is 2.48 bits per heavy atom. The van der Waals surface area contributed by atoms with Gasteiger partial charge in [0.1, 0.15) is 5.75 Å². The van der Waals surface area contributed by atoms with E-state index in [4.69, 9.17) is 0 Å². The number of carbonyl (C=O) groups is 2. The number of ether oxygens (including phenoxy) is 1. The number of hydrogen-bond acceptors (Lipinski definition) is 5. The number of para-hydroxylation sites is 1. The molecule has 1 N–H and O–H groups in total. The Hall–Kier alpha value is -1.89. The number of hydrogen-bond donors (Lipinski definition) is 1. The van der Waals surface area contributed by atoms with Gasteiger partial charge < -0.3 is 10.1 Å². The molecule has 0 bridgehead atoms.